The van der Waals surface area contributed by atoms with E-state index in [1.165, 1.54) is 30.4 Å². The highest BCUT2D eigenvalue weighted by atomic mass is 16.5. The number of aromatic carboxylic acids is 1. The summed E-state index contributed by atoms with van der Waals surface area (Å²) in [7, 11) is 0. The molecule has 2 aliphatic carbocycles. The number of rotatable bonds is 4. The van der Waals surface area contributed by atoms with Crippen molar-refractivity contribution in [2.24, 2.45) is 17.8 Å². The van der Waals surface area contributed by atoms with Crippen molar-refractivity contribution < 1.29 is 14.6 Å². The summed E-state index contributed by atoms with van der Waals surface area (Å²) in [5.74, 6) is 2.49. The molecule has 2 aromatic rings. The summed E-state index contributed by atoms with van der Waals surface area (Å²) in [5, 5.41) is 13.2. The maximum absolute atomic E-state index is 11.5. The Balaban J connectivity index is 1.55. The number of carbonyl (C=O) groups is 1. The third-order valence-electron chi connectivity index (χ3n) is 6.88. The summed E-state index contributed by atoms with van der Waals surface area (Å²) in [6.45, 7) is 2.67. The van der Waals surface area contributed by atoms with E-state index < -0.39 is 5.97 Å². The second-order valence-electron chi connectivity index (χ2n) is 8.17. The van der Waals surface area contributed by atoms with Gasteiger partial charge in [0.1, 0.15) is 5.75 Å². The average molecular weight is 363 g/mol. The van der Waals surface area contributed by atoms with Crippen LogP contribution >= 0.6 is 0 Å². The summed E-state index contributed by atoms with van der Waals surface area (Å²) in [6, 6.07) is 14.4. The number of anilines is 1. The van der Waals surface area contributed by atoms with E-state index in [4.69, 9.17) is 4.74 Å². The first-order chi connectivity index (χ1) is 13.2. The van der Waals surface area contributed by atoms with E-state index in [2.05, 4.69) is 29.6 Å². The Kier molecular flexibility index (Phi) is 3.88. The number of nitrogens with one attached hydrogen (secondary N) is 1. The molecule has 0 amide bonds. The van der Waals surface area contributed by atoms with Crippen LogP contribution in [0.2, 0.25) is 0 Å². The van der Waals surface area contributed by atoms with Crippen molar-refractivity contribution in [3.05, 3.63) is 59.2 Å². The molecule has 140 valence electrons. The van der Waals surface area contributed by atoms with Crippen molar-refractivity contribution >= 4 is 11.7 Å². The van der Waals surface area contributed by atoms with Crippen LogP contribution in [0.4, 0.5) is 5.69 Å². The molecule has 4 heteroatoms. The maximum Gasteiger partial charge on any atom is 0.335 e. The fourth-order valence-corrected chi connectivity index (χ4v) is 5.89. The van der Waals surface area contributed by atoms with Gasteiger partial charge in [0.15, 0.2) is 0 Å². The minimum atomic E-state index is -0.842. The van der Waals surface area contributed by atoms with Gasteiger partial charge in [-0.05, 0) is 91.3 Å². The molecular formula is C23H25NO3. The van der Waals surface area contributed by atoms with E-state index in [1.54, 1.807) is 6.07 Å². The first-order valence-electron chi connectivity index (χ1n) is 10.0. The van der Waals surface area contributed by atoms with Crippen LogP contribution in [0, 0.1) is 17.8 Å². The summed E-state index contributed by atoms with van der Waals surface area (Å²) in [6.07, 6.45) is 3.86. The van der Waals surface area contributed by atoms with Crippen molar-refractivity contribution in [1.82, 2.24) is 0 Å². The number of hydrogen-bond donors (Lipinski definition) is 2. The fraction of sp³-hybridized carbons (Fsp3) is 0.435. The van der Waals surface area contributed by atoms with Gasteiger partial charge in [-0.25, -0.2) is 4.79 Å². The maximum atomic E-state index is 11.5. The molecule has 0 spiro atoms. The smallest absolute Gasteiger partial charge is 0.335 e. The lowest BCUT2D eigenvalue weighted by atomic mass is 9.68. The summed E-state index contributed by atoms with van der Waals surface area (Å²) < 4.78 is 5.60. The Morgan fingerprint density at radius 2 is 1.93 bits per heavy atom. The van der Waals surface area contributed by atoms with E-state index in [0.29, 0.717) is 29.9 Å². The van der Waals surface area contributed by atoms with E-state index >= 15 is 0 Å². The summed E-state index contributed by atoms with van der Waals surface area (Å²) in [4.78, 5) is 11.5. The number of benzene rings is 2. The first kappa shape index (κ1) is 16.7. The standard InChI is InChI=1S/C23H25NO3/c1-2-27-17-8-5-13(6-9-17)22-21-15-4-3-14(11-15)20(21)18-12-16(23(25)26)7-10-19(18)24-22/h5-10,12,14-15,20-22,24H,2-4,11H2,1H3,(H,25,26)/t14-,15-,20-,21-,22-/m0/s1. The monoisotopic (exact) mass is 363 g/mol. The molecule has 1 aliphatic heterocycles. The van der Waals surface area contributed by atoms with Gasteiger partial charge >= 0.3 is 5.97 Å². The third-order valence-corrected chi connectivity index (χ3v) is 6.88. The highest BCUT2D eigenvalue weighted by molar-refractivity contribution is 5.88. The molecule has 2 aromatic carbocycles. The lowest BCUT2D eigenvalue weighted by molar-refractivity contribution is 0.0696. The largest absolute Gasteiger partial charge is 0.494 e. The van der Waals surface area contributed by atoms with Crippen LogP contribution in [0.1, 0.15) is 59.6 Å². The van der Waals surface area contributed by atoms with Crippen LogP contribution in [-0.2, 0) is 0 Å². The number of fused-ring (bicyclic) bond motifs is 7. The zero-order valence-electron chi connectivity index (χ0n) is 15.5. The van der Waals surface area contributed by atoms with Crippen LogP contribution in [0.25, 0.3) is 0 Å². The number of carboxylic acids is 1. The van der Waals surface area contributed by atoms with E-state index in [-0.39, 0.29) is 6.04 Å². The molecule has 0 radical (unpaired) electrons. The minimum absolute atomic E-state index is 0.282. The lowest BCUT2D eigenvalue weighted by Crippen LogP contribution is -2.35. The predicted octanol–water partition coefficient (Wildman–Crippen LogP) is 5.08. The molecule has 4 nitrogen and oxygen atoms in total. The zero-order chi connectivity index (χ0) is 18.5. The summed E-state index contributed by atoms with van der Waals surface area (Å²) >= 11 is 0. The Morgan fingerprint density at radius 1 is 1.15 bits per heavy atom. The van der Waals surface area contributed by atoms with E-state index in [0.717, 1.165) is 17.4 Å². The molecule has 0 saturated heterocycles. The molecule has 2 saturated carbocycles. The highest BCUT2D eigenvalue weighted by Gasteiger charge is 2.53. The Bertz CT molecular complexity index is 876. The Labute approximate surface area is 159 Å². The van der Waals surface area contributed by atoms with Gasteiger partial charge in [0, 0.05) is 5.69 Å². The Hall–Kier alpha value is -2.49. The predicted molar refractivity (Wildman–Crippen MR) is 104 cm³/mol. The van der Waals surface area contributed by atoms with Gasteiger partial charge in [0.05, 0.1) is 18.2 Å². The van der Waals surface area contributed by atoms with Crippen molar-refractivity contribution in [1.29, 1.82) is 0 Å². The molecule has 27 heavy (non-hydrogen) atoms. The normalized spacial score (nSPS) is 30.3. The first-order valence-corrected chi connectivity index (χ1v) is 10.0. The minimum Gasteiger partial charge on any atom is -0.494 e. The molecule has 2 bridgehead atoms. The molecule has 0 aromatic heterocycles. The SMILES string of the molecule is CCOc1ccc([C@@H]2Nc3ccc(C(=O)O)cc3[C@@H]3[C@H]4CC[C@@H](C4)[C@@H]32)cc1. The van der Waals surface area contributed by atoms with Crippen molar-refractivity contribution in [2.45, 2.75) is 38.1 Å². The van der Waals surface area contributed by atoms with Gasteiger partial charge in [-0.15, -0.1) is 0 Å². The van der Waals surface area contributed by atoms with Gasteiger partial charge in [-0.1, -0.05) is 12.1 Å². The molecular weight excluding hydrogens is 338 g/mol. The average Bonchev–Trinajstić information content (AvgIpc) is 3.30. The second-order valence-corrected chi connectivity index (χ2v) is 8.17. The number of carboxylic acid groups (broad SMARTS) is 1. The van der Waals surface area contributed by atoms with Crippen molar-refractivity contribution in [3.63, 3.8) is 0 Å². The number of ether oxygens (including phenoxy) is 1. The Morgan fingerprint density at radius 3 is 2.67 bits per heavy atom. The molecule has 2 fully saturated rings. The molecule has 2 N–H and O–H groups in total. The van der Waals surface area contributed by atoms with Crippen LogP contribution in [0.3, 0.4) is 0 Å². The van der Waals surface area contributed by atoms with Crippen LogP contribution in [0.15, 0.2) is 42.5 Å². The van der Waals surface area contributed by atoms with Gasteiger partial charge in [0.25, 0.3) is 0 Å². The van der Waals surface area contributed by atoms with Gasteiger partial charge in [-0.2, -0.15) is 0 Å². The molecule has 5 atom stereocenters. The van der Waals surface area contributed by atoms with E-state index in [1.807, 2.05) is 19.1 Å². The van der Waals surface area contributed by atoms with Crippen molar-refractivity contribution in [3.8, 4) is 5.75 Å². The van der Waals surface area contributed by atoms with Gasteiger partial charge in [-0.3, -0.25) is 0 Å². The quantitative estimate of drug-likeness (QED) is 0.795. The molecule has 0 unspecified atom stereocenters. The summed E-state index contributed by atoms with van der Waals surface area (Å²) in [5.41, 5.74) is 4.02. The van der Waals surface area contributed by atoms with Crippen molar-refractivity contribution in [2.75, 3.05) is 11.9 Å². The van der Waals surface area contributed by atoms with Crippen LogP contribution in [-0.4, -0.2) is 17.7 Å². The fourth-order valence-electron chi connectivity index (χ4n) is 5.89. The number of hydrogen-bond acceptors (Lipinski definition) is 3. The molecule has 3 aliphatic rings. The zero-order valence-corrected chi connectivity index (χ0v) is 15.5. The topological polar surface area (TPSA) is 58.6 Å². The van der Waals surface area contributed by atoms with Crippen LogP contribution < -0.4 is 10.1 Å². The highest BCUT2D eigenvalue weighted by Crippen LogP contribution is 2.63. The molecule has 5 rings (SSSR count). The molecule has 1 heterocycles. The lowest BCUT2D eigenvalue weighted by Gasteiger charge is -2.43. The van der Waals surface area contributed by atoms with Gasteiger partial charge < -0.3 is 15.2 Å². The van der Waals surface area contributed by atoms with Gasteiger partial charge in [0.2, 0.25) is 0 Å². The van der Waals surface area contributed by atoms with Crippen LogP contribution in [0.5, 0.6) is 5.75 Å². The third kappa shape index (κ3) is 2.61. The second kappa shape index (κ2) is 6.29. The van der Waals surface area contributed by atoms with E-state index in [9.17, 15) is 9.90 Å².